The van der Waals surface area contributed by atoms with Gasteiger partial charge in [-0.3, -0.25) is 4.79 Å². The van der Waals surface area contributed by atoms with Crippen LogP contribution in [0.2, 0.25) is 0 Å². The van der Waals surface area contributed by atoms with Crippen LogP contribution in [-0.2, 0) is 0 Å². The summed E-state index contributed by atoms with van der Waals surface area (Å²) in [7, 11) is 4.01. The number of rotatable bonds is 4. The lowest BCUT2D eigenvalue weighted by Gasteiger charge is -2.12. The predicted octanol–water partition coefficient (Wildman–Crippen LogP) is 5.47. The Hall–Kier alpha value is -1.91. The molecule has 0 saturated carbocycles. The van der Waals surface area contributed by atoms with Crippen LogP contribution in [0.15, 0.2) is 65.1 Å². The molecule has 3 aromatic rings. The molecule has 0 amide bonds. The van der Waals surface area contributed by atoms with Gasteiger partial charge in [-0.1, -0.05) is 58.4 Å². The van der Waals surface area contributed by atoms with E-state index in [4.69, 9.17) is 0 Å². The molecule has 1 aromatic heterocycles. The van der Waals surface area contributed by atoms with E-state index in [2.05, 4.69) is 33.0 Å². The first-order valence-corrected chi connectivity index (χ1v) is 8.84. The third-order valence-corrected chi connectivity index (χ3v) is 5.36. The maximum atomic E-state index is 12.7. The molecule has 0 aliphatic heterocycles. The number of hydrogen-bond acceptors (Lipinski definition) is 3. The van der Waals surface area contributed by atoms with Crippen molar-refractivity contribution in [1.29, 1.82) is 0 Å². The first-order valence-electron chi connectivity index (χ1n) is 7.23. The summed E-state index contributed by atoms with van der Waals surface area (Å²) in [5, 5.41) is 1.09. The molecule has 4 heteroatoms. The molecule has 0 atom stereocenters. The largest absolute Gasteiger partial charge is 0.369 e. The minimum absolute atomic E-state index is 0.0714. The van der Waals surface area contributed by atoms with E-state index in [9.17, 15) is 4.79 Å². The SMILES string of the molecule is CN(C)c1sc(C(=O)c2ccccc2)cc1-c1ccc(Br)cc1. The summed E-state index contributed by atoms with van der Waals surface area (Å²) in [6.45, 7) is 0. The molecule has 0 unspecified atom stereocenters. The molecule has 116 valence electrons. The normalized spacial score (nSPS) is 10.6. The summed E-state index contributed by atoms with van der Waals surface area (Å²) >= 11 is 5.00. The van der Waals surface area contributed by atoms with Gasteiger partial charge in [-0.05, 0) is 23.8 Å². The van der Waals surface area contributed by atoms with Gasteiger partial charge in [0, 0.05) is 29.7 Å². The van der Waals surface area contributed by atoms with Crippen molar-refractivity contribution < 1.29 is 4.79 Å². The number of benzene rings is 2. The van der Waals surface area contributed by atoms with Gasteiger partial charge in [0.15, 0.2) is 0 Å². The van der Waals surface area contributed by atoms with Crippen molar-refractivity contribution >= 4 is 38.1 Å². The van der Waals surface area contributed by atoms with Crippen molar-refractivity contribution in [3.8, 4) is 11.1 Å². The number of nitrogens with zero attached hydrogens (tertiary/aromatic N) is 1. The summed E-state index contributed by atoms with van der Waals surface area (Å²) in [5.41, 5.74) is 2.92. The monoisotopic (exact) mass is 385 g/mol. The maximum absolute atomic E-state index is 12.7. The van der Waals surface area contributed by atoms with E-state index in [0.717, 1.165) is 31.0 Å². The second-order valence-corrected chi connectivity index (χ2v) is 7.37. The summed E-state index contributed by atoms with van der Waals surface area (Å²) in [6.07, 6.45) is 0. The van der Waals surface area contributed by atoms with Crippen LogP contribution in [0.1, 0.15) is 15.2 Å². The van der Waals surface area contributed by atoms with Gasteiger partial charge in [-0.15, -0.1) is 11.3 Å². The Bertz CT molecular complexity index is 822. The first-order chi connectivity index (χ1) is 11.1. The number of carbonyl (C=O) groups excluding carboxylic acids is 1. The second-order valence-electron chi connectivity index (χ2n) is 5.43. The summed E-state index contributed by atoms with van der Waals surface area (Å²) < 4.78 is 1.04. The van der Waals surface area contributed by atoms with Gasteiger partial charge in [0.05, 0.1) is 9.88 Å². The van der Waals surface area contributed by atoms with Crippen molar-refractivity contribution in [2.75, 3.05) is 19.0 Å². The number of anilines is 1. The highest BCUT2D eigenvalue weighted by atomic mass is 79.9. The topological polar surface area (TPSA) is 20.3 Å². The van der Waals surface area contributed by atoms with Crippen LogP contribution in [0.3, 0.4) is 0 Å². The molecule has 0 bridgehead atoms. The van der Waals surface area contributed by atoms with E-state index >= 15 is 0 Å². The molecule has 0 fully saturated rings. The van der Waals surface area contributed by atoms with E-state index in [-0.39, 0.29) is 5.78 Å². The highest BCUT2D eigenvalue weighted by Gasteiger charge is 2.18. The van der Waals surface area contributed by atoms with E-state index in [1.54, 1.807) is 0 Å². The lowest BCUT2D eigenvalue weighted by molar-refractivity contribution is 0.104. The van der Waals surface area contributed by atoms with Crippen LogP contribution in [0.4, 0.5) is 5.00 Å². The van der Waals surface area contributed by atoms with Gasteiger partial charge in [-0.25, -0.2) is 0 Å². The molecule has 1 heterocycles. The van der Waals surface area contributed by atoms with Crippen LogP contribution < -0.4 is 4.90 Å². The third kappa shape index (κ3) is 3.38. The van der Waals surface area contributed by atoms with Crippen LogP contribution in [0.5, 0.6) is 0 Å². The van der Waals surface area contributed by atoms with Crippen molar-refractivity contribution in [1.82, 2.24) is 0 Å². The lowest BCUT2D eigenvalue weighted by atomic mass is 10.1. The first kappa shape index (κ1) is 16.0. The van der Waals surface area contributed by atoms with E-state index in [1.165, 1.54) is 11.3 Å². The molecule has 23 heavy (non-hydrogen) atoms. The number of carbonyl (C=O) groups is 1. The van der Waals surface area contributed by atoms with Crippen LogP contribution in [0.25, 0.3) is 11.1 Å². The predicted molar refractivity (Wildman–Crippen MR) is 102 cm³/mol. The zero-order valence-electron chi connectivity index (χ0n) is 12.9. The molecule has 0 aliphatic carbocycles. The van der Waals surface area contributed by atoms with Gasteiger partial charge < -0.3 is 4.90 Å². The highest BCUT2D eigenvalue weighted by molar-refractivity contribution is 9.10. The zero-order chi connectivity index (χ0) is 16.4. The minimum atomic E-state index is 0.0714. The molecule has 0 spiro atoms. The Morgan fingerprint density at radius 2 is 1.65 bits per heavy atom. The molecule has 3 rings (SSSR count). The van der Waals surface area contributed by atoms with Gasteiger partial charge in [0.2, 0.25) is 5.78 Å². The second kappa shape index (κ2) is 6.69. The van der Waals surface area contributed by atoms with E-state index in [0.29, 0.717) is 0 Å². The molecular weight excluding hydrogens is 370 g/mol. The number of thiophene rings is 1. The standard InChI is InChI=1S/C19H16BrNOS/c1-21(2)19-16(13-8-10-15(20)11-9-13)12-17(23-19)18(22)14-6-4-3-5-7-14/h3-12H,1-2H3. The number of hydrogen-bond donors (Lipinski definition) is 0. The average Bonchev–Trinajstić information content (AvgIpc) is 3.01. The van der Waals surface area contributed by atoms with Gasteiger partial charge in [0.25, 0.3) is 0 Å². The Kier molecular flexibility index (Phi) is 4.64. The van der Waals surface area contributed by atoms with Crippen LogP contribution in [0, 0.1) is 0 Å². The molecular formula is C19H16BrNOS. The molecule has 0 saturated heterocycles. The van der Waals surface area contributed by atoms with Gasteiger partial charge in [-0.2, -0.15) is 0 Å². The Morgan fingerprint density at radius 1 is 1.00 bits per heavy atom. The van der Waals surface area contributed by atoms with E-state index in [1.807, 2.05) is 62.6 Å². The fraction of sp³-hybridized carbons (Fsp3) is 0.105. The number of halogens is 1. The van der Waals surface area contributed by atoms with Crippen molar-refractivity contribution in [2.24, 2.45) is 0 Å². The molecule has 2 aromatic carbocycles. The molecule has 2 nitrogen and oxygen atoms in total. The smallest absolute Gasteiger partial charge is 0.203 e. The Morgan fingerprint density at radius 3 is 2.26 bits per heavy atom. The summed E-state index contributed by atoms with van der Waals surface area (Å²) in [5.74, 6) is 0.0714. The minimum Gasteiger partial charge on any atom is -0.369 e. The summed E-state index contributed by atoms with van der Waals surface area (Å²) in [4.78, 5) is 15.5. The fourth-order valence-electron chi connectivity index (χ4n) is 2.39. The molecule has 0 radical (unpaired) electrons. The quantitative estimate of drug-likeness (QED) is 0.554. The molecule has 0 N–H and O–H groups in total. The van der Waals surface area contributed by atoms with Crippen molar-refractivity contribution in [3.63, 3.8) is 0 Å². The summed E-state index contributed by atoms with van der Waals surface area (Å²) in [6, 6.07) is 19.6. The fourth-order valence-corrected chi connectivity index (χ4v) is 3.72. The number of ketones is 1. The van der Waals surface area contributed by atoms with Crippen LogP contribution in [-0.4, -0.2) is 19.9 Å². The Balaban J connectivity index is 2.06. The maximum Gasteiger partial charge on any atom is 0.203 e. The van der Waals surface area contributed by atoms with Gasteiger partial charge >= 0.3 is 0 Å². The van der Waals surface area contributed by atoms with E-state index < -0.39 is 0 Å². The third-order valence-electron chi connectivity index (χ3n) is 3.53. The van der Waals surface area contributed by atoms with Crippen molar-refractivity contribution in [2.45, 2.75) is 0 Å². The lowest BCUT2D eigenvalue weighted by Crippen LogP contribution is -2.07. The zero-order valence-corrected chi connectivity index (χ0v) is 15.3. The van der Waals surface area contributed by atoms with Crippen molar-refractivity contribution in [3.05, 3.63) is 75.6 Å². The highest BCUT2D eigenvalue weighted by Crippen LogP contribution is 2.39. The molecule has 0 aliphatic rings. The van der Waals surface area contributed by atoms with Crippen LogP contribution >= 0.6 is 27.3 Å². The average molecular weight is 386 g/mol. The van der Waals surface area contributed by atoms with Gasteiger partial charge in [0.1, 0.15) is 0 Å². The Labute approximate surface area is 148 Å².